The van der Waals surface area contributed by atoms with Crippen LogP contribution in [-0.2, 0) is 22.4 Å². The zero-order valence-corrected chi connectivity index (χ0v) is 17.2. The van der Waals surface area contributed by atoms with Crippen LogP contribution in [0, 0.1) is 5.92 Å². The number of hydrogen-bond donors (Lipinski definition) is 1. The van der Waals surface area contributed by atoms with Crippen LogP contribution in [0.3, 0.4) is 0 Å². The highest BCUT2D eigenvalue weighted by atomic mass is 16.5. The third kappa shape index (κ3) is 4.58. The Kier molecular flexibility index (Phi) is 6.39. The number of aromatic nitrogens is 2. The molecule has 2 heterocycles. The van der Waals surface area contributed by atoms with E-state index in [0.29, 0.717) is 13.2 Å². The van der Waals surface area contributed by atoms with Crippen molar-refractivity contribution in [2.75, 3.05) is 38.3 Å². The highest BCUT2D eigenvalue weighted by Gasteiger charge is 2.30. The van der Waals surface area contributed by atoms with Crippen molar-refractivity contribution in [1.29, 1.82) is 0 Å². The van der Waals surface area contributed by atoms with Gasteiger partial charge < -0.3 is 15.0 Å². The summed E-state index contributed by atoms with van der Waals surface area (Å²) in [4.78, 5) is 24.8. The van der Waals surface area contributed by atoms with E-state index in [-0.39, 0.29) is 11.8 Å². The predicted octanol–water partition coefficient (Wildman–Crippen LogP) is 3.00. The number of benzene rings is 1. The summed E-state index contributed by atoms with van der Waals surface area (Å²) in [7, 11) is 1.69. The van der Waals surface area contributed by atoms with E-state index >= 15 is 0 Å². The highest BCUT2D eigenvalue weighted by Crippen LogP contribution is 2.33. The van der Waals surface area contributed by atoms with E-state index in [0.717, 1.165) is 68.8 Å². The molecule has 154 valence electrons. The molecule has 1 aromatic carbocycles. The van der Waals surface area contributed by atoms with E-state index in [9.17, 15) is 4.79 Å². The topological polar surface area (TPSA) is 67.3 Å². The van der Waals surface area contributed by atoms with E-state index in [1.807, 2.05) is 18.2 Å². The fourth-order valence-electron chi connectivity index (χ4n) is 4.35. The van der Waals surface area contributed by atoms with Gasteiger partial charge in [0.15, 0.2) is 5.82 Å². The molecule has 0 bridgehead atoms. The number of nitrogens with zero attached hydrogens (tertiary/aromatic N) is 3. The molecule has 1 fully saturated rings. The Morgan fingerprint density at radius 2 is 2.07 bits per heavy atom. The van der Waals surface area contributed by atoms with Gasteiger partial charge in [-0.25, -0.2) is 9.97 Å². The fraction of sp³-hybridized carbons (Fsp3) is 0.522. The Labute approximate surface area is 172 Å². The van der Waals surface area contributed by atoms with Crippen molar-refractivity contribution in [3.8, 4) is 11.4 Å². The third-order valence-corrected chi connectivity index (χ3v) is 5.86. The molecule has 2 aromatic rings. The second kappa shape index (κ2) is 9.35. The zero-order chi connectivity index (χ0) is 20.1. The summed E-state index contributed by atoms with van der Waals surface area (Å²) >= 11 is 0. The predicted molar refractivity (Wildman–Crippen MR) is 114 cm³/mol. The van der Waals surface area contributed by atoms with Crippen molar-refractivity contribution in [2.45, 2.75) is 38.5 Å². The van der Waals surface area contributed by atoms with E-state index in [1.54, 1.807) is 7.11 Å². The van der Waals surface area contributed by atoms with Gasteiger partial charge in [0.05, 0.1) is 5.92 Å². The number of amides is 1. The molecule has 1 aliphatic heterocycles. The summed E-state index contributed by atoms with van der Waals surface area (Å²) in [5, 5.41) is 3.07. The Bertz CT molecular complexity index is 840. The number of ether oxygens (including phenoxy) is 1. The highest BCUT2D eigenvalue weighted by molar-refractivity contribution is 5.79. The van der Waals surface area contributed by atoms with Gasteiger partial charge >= 0.3 is 0 Å². The number of carbonyl (C=O) groups excluding carboxylic acids is 1. The number of piperidine rings is 1. The molecule has 6 nitrogen and oxygen atoms in total. The van der Waals surface area contributed by atoms with Gasteiger partial charge in [-0.15, -0.1) is 0 Å². The molecule has 29 heavy (non-hydrogen) atoms. The number of hydrogen-bond acceptors (Lipinski definition) is 5. The minimum absolute atomic E-state index is 0.0125. The number of anilines is 1. The summed E-state index contributed by atoms with van der Waals surface area (Å²) in [6.07, 6.45) is 5.97. The zero-order valence-electron chi connectivity index (χ0n) is 17.2. The molecule has 4 rings (SSSR count). The number of aryl methyl sites for hydroxylation is 1. The second-order valence-electron chi connectivity index (χ2n) is 7.94. The molecular weight excluding hydrogens is 364 g/mol. The van der Waals surface area contributed by atoms with Crippen LogP contribution < -0.4 is 10.2 Å². The SMILES string of the molecule is COCCCNC(=O)C1CCCN(c2nc(-c3ccccc3)nc3c2CCC3)C1. The van der Waals surface area contributed by atoms with Crippen LogP contribution in [0.5, 0.6) is 0 Å². The van der Waals surface area contributed by atoms with Crippen molar-refractivity contribution in [1.82, 2.24) is 15.3 Å². The van der Waals surface area contributed by atoms with Gasteiger partial charge in [0.25, 0.3) is 0 Å². The van der Waals surface area contributed by atoms with E-state index < -0.39 is 0 Å². The maximum Gasteiger partial charge on any atom is 0.224 e. The molecule has 1 saturated heterocycles. The average Bonchev–Trinajstić information content (AvgIpc) is 3.25. The van der Waals surface area contributed by atoms with Crippen molar-refractivity contribution in [2.24, 2.45) is 5.92 Å². The third-order valence-electron chi connectivity index (χ3n) is 5.86. The normalized spacial score (nSPS) is 18.5. The van der Waals surface area contributed by atoms with Crippen molar-refractivity contribution < 1.29 is 9.53 Å². The molecule has 2 aliphatic rings. The molecule has 1 unspecified atom stereocenters. The lowest BCUT2D eigenvalue weighted by Crippen LogP contribution is -2.44. The van der Waals surface area contributed by atoms with Gasteiger partial charge in [-0.1, -0.05) is 30.3 Å². The van der Waals surface area contributed by atoms with Crippen molar-refractivity contribution in [3.63, 3.8) is 0 Å². The van der Waals surface area contributed by atoms with Gasteiger partial charge in [-0.05, 0) is 38.5 Å². The minimum Gasteiger partial charge on any atom is -0.385 e. The molecule has 1 aliphatic carbocycles. The number of nitrogens with one attached hydrogen (secondary N) is 1. The lowest BCUT2D eigenvalue weighted by Gasteiger charge is -2.34. The Hall–Kier alpha value is -2.47. The molecule has 1 aromatic heterocycles. The quantitative estimate of drug-likeness (QED) is 0.731. The first kappa shape index (κ1) is 19.8. The van der Waals surface area contributed by atoms with Gasteiger partial charge in [0.2, 0.25) is 5.91 Å². The van der Waals surface area contributed by atoms with Crippen LogP contribution in [-0.4, -0.2) is 49.2 Å². The number of carbonyl (C=O) groups is 1. The smallest absolute Gasteiger partial charge is 0.224 e. The maximum atomic E-state index is 12.6. The molecule has 6 heteroatoms. The largest absolute Gasteiger partial charge is 0.385 e. The van der Waals surface area contributed by atoms with E-state index in [1.165, 1.54) is 11.3 Å². The summed E-state index contributed by atoms with van der Waals surface area (Å²) in [5.41, 5.74) is 3.51. The lowest BCUT2D eigenvalue weighted by atomic mass is 9.96. The van der Waals surface area contributed by atoms with Crippen LogP contribution in [0.2, 0.25) is 0 Å². The number of methoxy groups -OCH3 is 1. The summed E-state index contributed by atoms with van der Waals surface area (Å²) in [6, 6.07) is 10.2. The molecule has 1 N–H and O–H groups in total. The van der Waals surface area contributed by atoms with Crippen LogP contribution in [0.25, 0.3) is 11.4 Å². The molecule has 1 amide bonds. The van der Waals surface area contributed by atoms with Crippen LogP contribution in [0.4, 0.5) is 5.82 Å². The van der Waals surface area contributed by atoms with Crippen molar-refractivity contribution >= 4 is 11.7 Å². The molecule has 0 saturated carbocycles. The fourth-order valence-corrected chi connectivity index (χ4v) is 4.35. The van der Waals surface area contributed by atoms with Crippen LogP contribution in [0.15, 0.2) is 30.3 Å². The monoisotopic (exact) mass is 394 g/mol. The van der Waals surface area contributed by atoms with Crippen molar-refractivity contribution in [3.05, 3.63) is 41.6 Å². The number of rotatable bonds is 7. The Morgan fingerprint density at radius 1 is 1.21 bits per heavy atom. The first-order valence-corrected chi connectivity index (χ1v) is 10.7. The summed E-state index contributed by atoms with van der Waals surface area (Å²) in [6.45, 7) is 3.02. The Balaban J connectivity index is 1.53. The van der Waals surface area contributed by atoms with Gasteiger partial charge in [-0.3, -0.25) is 4.79 Å². The van der Waals surface area contributed by atoms with Gasteiger partial charge in [-0.2, -0.15) is 0 Å². The molecule has 0 radical (unpaired) electrons. The van der Waals surface area contributed by atoms with Gasteiger partial charge in [0, 0.05) is 50.2 Å². The first-order chi connectivity index (χ1) is 14.3. The maximum absolute atomic E-state index is 12.6. The molecular formula is C23H30N4O2. The summed E-state index contributed by atoms with van der Waals surface area (Å²) in [5.74, 6) is 2.01. The van der Waals surface area contributed by atoms with Crippen LogP contribution >= 0.6 is 0 Å². The average molecular weight is 395 g/mol. The summed E-state index contributed by atoms with van der Waals surface area (Å²) < 4.78 is 5.06. The van der Waals surface area contributed by atoms with E-state index in [2.05, 4.69) is 22.3 Å². The van der Waals surface area contributed by atoms with Crippen LogP contribution in [0.1, 0.15) is 36.9 Å². The van der Waals surface area contributed by atoms with E-state index in [4.69, 9.17) is 14.7 Å². The lowest BCUT2D eigenvalue weighted by molar-refractivity contribution is -0.125. The first-order valence-electron chi connectivity index (χ1n) is 10.7. The Morgan fingerprint density at radius 3 is 2.90 bits per heavy atom. The molecule has 1 atom stereocenters. The number of fused-ring (bicyclic) bond motifs is 1. The minimum atomic E-state index is 0.0125. The van der Waals surface area contributed by atoms with Gasteiger partial charge in [0.1, 0.15) is 5.82 Å². The molecule has 0 spiro atoms. The second-order valence-corrected chi connectivity index (χ2v) is 7.94. The standard InChI is InChI=1S/C23H30N4O2/c1-29-15-7-13-24-23(28)18-10-6-14-27(16-18)22-19-11-5-12-20(19)25-21(26-22)17-8-3-2-4-9-17/h2-4,8-9,18H,5-7,10-16H2,1H3,(H,24,28).